The molecular formula is C31H49N6O11P2S2Si2. The number of nitrogens with one attached hydrogen (secondary N) is 1. The molecule has 3 aromatic rings. The van der Waals surface area contributed by atoms with Gasteiger partial charge in [0.05, 0.1) is 24.7 Å². The van der Waals surface area contributed by atoms with Crippen molar-refractivity contribution in [1.29, 1.82) is 0 Å². The van der Waals surface area contributed by atoms with Crippen molar-refractivity contribution >= 4 is 72.2 Å². The van der Waals surface area contributed by atoms with E-state index in [1.807, 2.05) is 20.8 Å². The quantitative estimate of drug-likeness (QED) is 0.0834. The maximum absolute atomic E-state index is 12.9. The Balaban J connectivity index is 1.38. The van der Waals surface area contributed by atoms with Gasteiger partial charge in [0.1, 0.15) is 24.8 Å². The highest BCUT2D eigenvalue weighted by molar-refractivity contribution is 8.44. The minimum Gasteiger partial charge on any atom is -0.474 e. The Morgan fingerprint density at radius 2 is 2.04 bits per heavy atom. The number of anilines is 1. The van der Waals surface area contributed by atoms with E-state index in [-0.39, 0.29) is 24.7 Å². The number of rotatable bonds is 12. The first-order valence-electron chi connectivity index (χ1n) is 18.2. The summed E-state index contributed by atoms with van der Waals surface area (Å²) in [4.78, 5) is 63.1. The second-order valence-corrected chi connectivity index (χ2v) is 25.6. The maximum Gasteiger partial charge on any atom is 0.383 e. The van der Waals surface area contributed by atoms with Gasteiger partial charge in [0.15, 0.2) is 12.1 Å². The fourth-order valence-corrected chi connectivity index (χ4v) is 20.4. The molecule has 11 atom stereocenters. The number of fused-ring (bicyclic) bond motifs is 2. The highest BCUT2D eigenvalue weighted by Gasteiger charge is 2.58. The minimum atomic E-state index is -4.18. The van der Waals surface area contributed by atoms with Crippen molar-refractivity contribution in [2.75, 3.05) is 18.9 Å². The summed E-state index contributed by atoms with van der Waals surface area (Å²) >= 11 is 9.87. The fourth-order valence-electron chi connectivity index (χ4n) is 8.20. The van der Waals surface area contributed by atoms with E-state index in [2.05, 4.69) is 32.2 Å². The molecule has 0 bridgehead atoms. The molecule has 3 aliphatic rings. The molecule has 54 heavy (non-hydrogen) atoms. The molecule has 1 saturated carbocycles. The number of thiol groups is 1. The predicted octanol–water partition coefficient (Wildman–Crippen LogP) is 4.53. The Labute approximate surface area is 326 Å². The van der Waals surface area contributed by atoms with Gasteiger partial charge in [-0.05, 0) is 54.6 Å². The van der Waals surface area contributed by atoms with Crippen LogP contribution in [0.15, 0.2) is 35.6 Å². The Morgan fingerprint density at radius 1 is 1.24 bits per heavy atom. The van der Waals surface area contributed by atoms with Crippen LogP contribution in [0.1, 0.15) is 65.5 Å². The van der Waals surface area contributed by atoms with Gasteiger partial charge in [-0.25, -0.2) is 14.5 Å². The Hall–Kier alpha value is -1.56. The molecule has 0 amide bonds. The van der Waals surface area contributed by atoms with Gasteiger partial charge in [0, 0.05) is 36.1 Å². The van der Waals surface area contributed by atoms with Crippen LogP contribution in [0.4, 0.5) is 5.95 Å². The van der Waals surface area contributed by atoms with Gasteiger partial charge in [0.2, 0.25) is 11.8 Å². The third kappa shape index (κ3) is 9.58. The summed E-state index contributed by atoms with van der Waals surface area (Å²) in [5, 5.41) is 0.348. The van der Waals surface area contributed by atoms with E-state index in [9.17, 15) is 23.9 Å². The number of nitrogens with two attached hydrogens (primary N) is 1. The summed E-state index contributed by atoms with van der Waals surface area (Å²) in [7, 11) is -5.91. The van der Waals surface area contributed by atoms with Gasteiger partial charge in [-0.1, -0.05) is 52.3 Å². The second kappa shape index (κ2) is 17.5. The van der Waals surface area contributed by atoms with Crippen molar-refractivity contribution in [1.82, 2.24) is 24.5 Å². The van der Waals surface area contributed by atoms with E-state index in [0.717, 1.165) is 6.42 Å². The average molecular weight is 864 g/mol. The number of hydrogen-bond donors (Lipinski definition) is 6. The van der Waals surface area contributed by atoms with Gasteiger partial charge in [-0.3, -0.25) is 9.78 Å². The normalized spacial score (nSPS) is 35.0. The molecule has 0 spiro atoms. The summed E-state index contributed by atoms with van der Waals surface area (Å²) in [6.45, 7) is -2.37. The van der Waals surface area contributed by atoms with Crippen molar-refractivity contribution in [3.63, 3.8) is 0 Å². The summed E-state index contributed by atoms with van der Waals surface area (Å²) in [6, 6.07) is 4.22. The number of aromatic nitrogens is 5. The predicted molar refractivity (Wildman–Crippen MR) is 211 cm³/mol. The van der Waals surface area contributed by atoms with Gasteiger partial charge >= 0.3 is 24.6 Å². The molecule has 2 saturated heterocycles. The lowest BCUT2D eigenvalue weighted by molar-refractivity contribution is -0.0364. The SMILES string of the molecule is CCC[Si]1O[C@H]2C[C@H](n3ccc4c(=O)[nH]c(N)nc43)O[C@@H]2COP(O)(=S)C([C@H]2C[C@H](Oc3ccncn3)C[C@@H]2COP(=O)(O)S)C(CC)[Si](O)(CCC)O1. The zero-order valence-corrected chi connectivity index (χ0v) is 35.8. The highest BCUT2D eigenvalue weighted by Crippen LogP contribution is 2.63. The van der Waals surface area contributed by atoms with Crippen LogP contribution in [-0.2, 0) is 38.7 Å². The van der Waals surface area contributed by atoms with Gasteiger partial charge in [-0.15, -0.1) is 0 Å². The molecule has 2 aliphatic heterocycles. The average Bonchev–Trinajstić information content (AvgIpc) is 3.82. The topological polar surface area (TPSA) is 236 Å². The van der Waals surface area contributed by atoms with E-state index >= 15 is 0 Å². The fraction of sp³-hybridized carbons (Fsp3) is 0.677. The summed E-state index contributed by atoms with van der Waals surface area (Å²) in [6.07, 6.45) is 5.18. The van der Waals surface area contributed by atoms with Crippen LogP contribution in [0.25, 0.3) is 11.0 Å². The lowest BCUT2D eigenvalue weighted by Gasteiger charge is -2.44. The van der Waals surface area contributed by atoms with E-state index in [1.165, 1.54) is 6.33 Å². The van der Waals surface area contributed by atoms with E-state index in [1.54, 1.807) is 29.1 Å². The van der Waals surface area contributed by atoms with Gasteiger partial charge in [0.25, 0.3) is 5.56 Å². The van der Waals surface area contributed by atoms with Crippen LogP contribution in [0.2, 0.25) is 17.6 Å². The first-order valence-corrected chi connectivity index (χ1v) is 27.3. The van der Waals surface area contributed by atoms with Crippen molar-refractivity contribution < 1.29 is 46.2 Å². The lowest BCUT2D eigenvalue weighted by Crippen LogP contribution is -2.54. The van der Waals surface area contributed by atoms with Gasteiger partial charge in [-0.2, -0.15) is 4.98 Å². The smallest absolute Gasteiger partial charge is 0.383 e. The Bertz CT molecular complexity index is 1900. The largest absolute Gasteiger partial charge is 0.474 e. The standard InChI is InChI=1S/C31H49N6O11P2S2Si2/c1-4-11-53-47-23-15-27(37-10-8-21-29(37)35-31(32)36-30(21)38)46-24(23)17-43-49(39,51)28(25(6-3)54(42,48-53)12-5-2)22-14-20(45-26-7-9-33-18-34-26)13-19(22)16-44-50(40,41)52/h7-10,18-20,22-25,27-28,42H,4-6,11-17H2,1-3H3,(H,39,51)(H2,40,41,52)(H3,32,35,36,38)/t19-,20-,22+,23+,24-,25?,27-,28?,49?,54?/m1/s1. The zero-order valence-electron chi connectivity index (χ0n) is 30.3. The molecule has 5 heterocycles. The highest BCUT2D eigenvalue weighted by atomic mass is 32.7. The van der Waals surface area contributed by atoms with E-state index in [4.69, 9.17) is 44.6 Å². The third-order valence-electron chi connectivity index (χ3n) is 10.4. The summed E-state index contributed by atoms with van der Waals surface area (Å²) in [5.41, 5.74) is 4.46. The molecule has 1 radical (unpaired) electrons. The zero-order chi connectivity index (χ0) is 38.8. The number of nitrogens with zero attached hydrogens (tertiary/aromatic N) is 4. The number of ether oxygens (including phenoxy) is 2. The molecule has 299 valence electrons. The van der Waals surface area contributed by atoms with Crippen molar-refractivity contribution in [3.05, 3.63) is 41.2 Å². The van der Waals surface area contributed by atoms with E-state index in [0.29, 0.717) is 61.1 Å². The molecule has 6 rings (SSSR count). The Morgan fingerprint density at radius 3 is 2.72 bits per heavy atom. The van der Waals surface area contributed by atoms with Crippen molar-refractivity contribution in [3.8, 4) is 5.88 Å². The monoisotopic (exact) mass is 863 g/mol. The molecule has 17 nitrogen and oxygen atoms in total. The van der Waals surface area contributed by atoms with E-state index < -0.39 is 78.7 Å². The van der Waals surface area contributed by atoms with Crippen molar-refractivity contribution in [2.24, 2.45) is 11.8 Å². The molecule has 0 aromatic carbocycles. The van der Waals surface area contributed by atoms with Crippen LogP contribution in [-0.4, -0.2) is 94.1 Å². The van der Waals surface area contributed by atoms with Crippen LogP contribution in [0.3, 0.4) is 0 Å². The minimum absolute atomic E-state index is 0.0313. The molecule has 1 aliphatic carbocycles. The lowest BCUT2D eigenvalue weighted by atomic mass is 9.91. The molecule has 23 heteroatoms. The first-order chi connectivity index (χ1) is 25.6. The molecule has 5 unspecified atom stereocenters. The molecule has 3 aromatic heterocycles. The second-order valence-electron chi connectivity index (χ2n) is 14.1. The number of H-pyrrole nitrogens is 1. The summed E-state index contributed by atoms with van der Waals surface area (Å²) in [5.74, 6) is -0.591. The molecule has 3 fully saturated rings. The Kier molecular flexibility index (Phi) is 13.6. The maximum atomic E-state index is 12.9. The van der Waals surface area contributed by atoms with Crippen LogP contribution >= 0.6 is 25.5 Å². The number of nitrogen functional groups attached to an aromatic ring is 1. The third-order valence-corrected chi connectivity index (χ3v) is 21.5. The molecular weight excluding hydrogens is 815 g/mol. The van der Waals surface area contributed by atoms with Crippen LogP contribution in [0.5, 0.6) is 5.88 Å². The summed E-state index contributed by atoms with van der Waals surface area (Å²) < 4.78 is 52.3. The van der Waals surface area contributed by atoms with Crippen molar-refractivity contribution in [2.45, 2.75) is 107 Å². The first kappa shape index (κ1) is 42.1. The van der Waals surface area contributed by atoms with Crippen LogP contribution in [0, 0.1) is 11.8 Å². The number of aromatic amines is 1. The van der Waals surface area contributed by atoms with Crippen LogP contribution < -0.4 is 16.0 Å². The molecule has 6 N–H and O–H groups in total. The number of hydrogen-bond acceptors (Lipinski definition) is 14. The van der Waals surface area contributed by atoms with Gasteiger partial charge < -0.3 is 51.9 Å².